The average Bonchev–Trinajstić information content (AvgIpc) is 3.30. The summed E-state index contributed by atoms with van der Waals surface area (Å²) >= 11 is 3.47. The van der Waals surface area contributed by atoms with Gasteiger partial charge in [-0.15, -0.1) is 0 Å². The summed E-state index contributed by atoms with van der Waals surface area (Å²) in [6, 6.07) is 27.4. The smallest absolute Gasteiger partial charge is 0.357 e. The van der Waals surface area contributed by atoms with Gasteiger partial charge < -0.3 is 14.4 Å². The van der Waals surface area contributed by atoms with E-state index < -0.39 is 13.4 Å². The van der Waals surface area contributed by atoms with Crippen LogP contribution >= 0.6 is 23.5 Å². The van der Waals surface area contributed by atoms with Crippen LogP contribution in [0, 0.1) is 0 Å². The lowest BCUT2D eigenvalue weighted by Crippen LogP contribution is -2.15. The molecule has 0 aliphatic rings. The number of benzene rings is 3. The third kappa shape index (κ3) is 5.50. The lowest BCUT2D eigenvalue weighted by Gasteiger charge is -2.28. The summed E-state index contributed by atoms with van der Waals surface area (Å²) in [7, 11) is -3.63. The highest BCUT2D eigenvalue weighted by molar-refractivity contribution is 9.10. The molecule has 1 N–H and O–H groups in total. The van der Waals surface area contributed by atoms with E-state index in [2.05, 4.69) is 21.2 Å². The quantitative estimate of drug-likeness (QED) is 0.209. The summed E-state index contributed by atoms with van der Waals surface area (Å²) in [5, 5.41) is 8.32. The van der Waals surface area contributed by atoms with E-state index in [4.69, 9.17) is 14.1 Å². The fraction of sp³-hybridized carbons (Fsp3) is 0.192. The minimum absolute atomic E-state index is 0.253. The highest BCUT2D eigenvalue weighted by atomic mass is 79.9. The Morgan fingerprint density at radius 3 is 2.09 bits per heavy atom. The van der Waals surface area contributed by atoms with Gasteiger partial charge in [-0.2, -0.15) is 5.10 Å². The van der Waals surface area contributed by atoms with Gasteiger partial charge in [-0.25, -0.2) is 4.68 Å². The summed E-state index contributed by atoms with van der Waals surface area (Å²) in [5.74, 6) is -0.777. The number of aromatic nitrogens is 2. The predicted octanol–water partition coefficient (Wildman–Crippen LogP) is 7.68. The summed E-state index contributed by atoms with van der Waals surface area (Å²) in [6.45, 7) is 4.13. The zero-order valence-electron chi connectivity index (χ0n) is 19.1. The molecule has 0 amide bonds. The molecule has 0 aliphatic carbocycles. The topological polar surface area (TPSA) is 65.4 Å². The molecule has 3 aromatic carbocycles. The van der Waals surface area contributed by atoms with Gasteiger partial charge in [-0.3, -0.25) is 4.57 Å². The maximum atomic E-state index is 14.2. The number of halogens is 1. The molecule has 8 heteroatoms. The molecule has 1 unspecified atom stereocenters. The Balaban J connectivity index is 1.90. The molecule has 1 heterocycles. The van der Waals surface area contributed by atoms with Crippen LogP contribution in [0.5, 0.6) is 0 Å². The van der Waals surface area contributed by atoms with Gasteiger partial charge in [0.25, 0.3) is 0 Å². The molecule has 0 fully saturated rings. The zero-order chi connectivity index (χ0) is 24.0. The van der Waals surface area contributed by atoms with Crippen molar-refractivity contribution in [3.05, 3.63) is 101 Å². The van der Waals surface area contributed by atoms with E-state index in [1.807, 2.05) is 105 Å². The first kappa shape index (κ1) is 24.4. The molecule has 0 radical (unpaired) electrons. The van der Waals surface area contributed by atoms with E-state index in [1.165, 1.54) is 0 Å². The van der Waals surface area contributed by atoms with Crippen LogP contribution in [0.15, 0.2) is 95.6 Å². The van der Waals surface area contributed by atoms with Crippen molar-refractivity contribution < 1.29 is 13.6 Å². The van der Waals surface area contributed by atoms with Crippen LogP contribution in [0.3, 0.4) is 0 Å². The van der Waals surface area contributed by atoms with Gasteiger partial charge in [-0.05, 0) is 50.2 Å². The van der Waals surface area contributed by atoms with Gasteiger partial charge in [0.05, 0.1) is 24.6 Å². The minimum atomic E-state index is -3.63. The molecule has 4 aromatic rings. The Labute approximate surface area is 208 Å². The Hall–Kier alpha value is -2.70. The van der Waals surface area contributed by atoms with Crippen molar-refractivity contribution >= 4 is 29.2 Å². The SMILES string of the molecule is CCOP(=O)(OCC)C(Nc1ccc(Br)cc1)c1cn(-c2ccccc2)nc1-c1ccccc1. The van der Waals surface area contributed by atoms with E-state index in [1.54, 1.807) is 4.68 Å². The van der Waals surface area contributed by atoms with E-state index >= 15 is 0 Å². The van der Waals surface area contributed by atoms with Crippen molar-refractivity contribution in [3.8, 4) is 16.9 Å². The fourth-order valence-corrected chi connectivity index (χ4v) is 5.89. The number of hydrogen-bond acceptors (Lipinski definition) is 5. The first-order valence-electron chi connectivity index (χ1n) is 11.2. The van der Waals surface area contributed by atoms with Crippen LogP contribution < -0.4 is 5.32 Å². The van der Waals surface area contributed by atoms with E-state index in [0.717, 1.165) is 27.0 Å². The number of anilines is 1. The average molecular weight is 540 g/mol. The van der Waals surface area contributed by atoms with Gasteiger partial charge in [0.2, 0.25) is 0 Å². The number of hydrogen-bond donors (Lipinski definition) is 1. The van der Waals surface area contributed by atoms with Crippen molar-refractivity contribution in [3.63, 3.8) is 0 Å². The predicted molar refractivity (Wildman–Crippen MR) is 140 cm³/mol. The van der Waals surface area contributed by atoms with Crippen LogP contribution in [0.1, 0.15) is 25.2 Å². The van der Waals surface area contributed by atoms with Crippen LogP contribution in [-0.4, -0.2) is 23.0 Å². The second-order valence-corrected chi connectivity index (χ2v) is 10.5. The first-order valence-corrected chi connectivity index (χ1v) is 13.6. The van der Waals surface area contributed by atoms with Crippen LogP contribution in [0.2, 0.25) is 0 Å². The van der Waals surface area contributed by atoms with Gasteiger partial charge in [-0.1, -0.05) is 64.5 Å². The molecule has 176 valence electrons. The van der Waals surface area contributed by atoms with Gasteiger partial charge >= 0.3 is 7.60 Å². The lowest BCUT2D eigenvalue weighted by molar-refractivity contribution is 0.214. The summed E-state index contributed by atoms with van der Waals surface area (Å²) in [6.07, 6.45) is 1.90. The third-order valence-corrected chi connectivity index (χ3v) is 7.99. The van der Waals surface area contributed by atoms with Crippen molar-refractivity contribution in [1.82, 2.24) is 9.78 Å². The molecular weight excluding hydrogens is 513 g/mol. The molecule has 0 spiro atoms. The highest BCUT2D eigenvalue weighted by Gasteiger charge is 2.40. The van der Waals surface area contributed by atoms with Crippen LogP contribution in [0.25, 0.3) is 16.9 Å². The molecule has 34 heavy (non-hydrogen) atoms. The molecule has 1 aromatic heterocycles. The maximum Gasteiger partial charge on any atom is 0.357 e. The van der Waals surface area contributed by atoms with Crippen LogP contribution in [-0.2, 0) is 13.6 Å². The highest BCUT2D eigenvalue weighted by Crippen LogP contribution is 2.62. The second kappa shape index (κ2) is 11.2. The first-order chi connectivity index (χ1) is 16.5. The summed E-state index contributed by atoms with van der Waals surface area (Å²) in [4.78, 5) is 0. The number of para-hydroxylation sites is 1. The number of rotatable bonds is 10. The Kier molecular flexibility index (Phi) is 8.01. The monoisotopic (exact) mass is 539 g/mol. The van der Waals surface area contributed by atoms with Gasteiger partial charge in [0.15, 0.2) is 5.78 Å². The van der Waals surface area contributed by atoms with Crippen molar-refractivity contribution in [2.75, 3.05) is 18.5 Å². The Morgan fingerprint density at radius 2 is 1.50 bits per heavy atom. The molecule has 0 saturated carbocycles. The lowest BCUT2D eigenvalue weighted by atomic mass is 10.1. The third-order valence-electron chi connectivity index (χ3n) is 5.19. The fourth-order valence-electron chi connectivity index (χ4n) is 3.70. The summed E-state index contributed by atoms with van der Waals surface area (Å²) in [5.41, 5.74) is 4.03. The van der Waals surface area contributed by atoms with E-state index in [9.17, 15) is 4.57 Å². The molecule has 6 nitrogen and oxygen atoms in total. The normalized spacial score (nSPS) is 12.4. The van der Waals surface area contributed by atoms with Crippen molar-refractivity contribution in [1.29, 1.82) is 0 Å². The molecule has 0 bridgehead atoms. The minimum Gasteiger partial charge on any atom is -0.368 e. The van der Waals surface area contributed by atoms with E-state index in [0.29, 0.717) is 5.69 Å². The zero-order valence-corrected chi connectivity index (χ0v) is 21.6. The van der Waals surface area contributed by atoms with Crippen LogP contribution in [0.4, 0.5) is 5.69 Å². The molecular formula is C26H27BrN3O3P. The largest absolute Gasteiger partial charge is 0.368 e. The molecule has 0 saturated heterocycles. The number of nitrogens with one attached hydrogen (secondary N) is 1. The summed E-state index contributed by atoms with van der Waals surface area (Å²) < 4.78 is 28.5. The molecule has 4 rings (SSSR count). The van der Waals surface area contributed by atoms with Crippen molar-refractivity contribution in [2.45, 2.75) is 19.6 Å². The van der Waals surface area contributed by atoms with E-state index in [-0.39, 0.29) is 13.2 Å². The van der Waals surface area contributed by atoms with Crippen molar-refractivity contribution in [2.24, 2.45) is 0 Å². The van der Waals surface area contributed by atoms with Gasteiger partial charge in [0.1, 0.15) is 0 Å². The number of nitrogens with zero attached hydrogens (tertiary/aromatic N) is 2. The Morgan fingerprint density at radius 1 is 0.912 bits per heavy atom. The maximum absolute atomic E-state index is 14.2. The standard InChI is InChI=1S/C26H27BrN3O3P/c1-3-32-34(31,33-4-2)26(28-22-17-15-21(27)16-18-22)24-19-30(23-13-9-6-10-14-23)29-25(24)20-11-7-5-8-12-20/h5-19,26,28H,3-4H2,1-2H3. The van der Waals surface area contributed by atoms with Gasteiger partial charge in [0, 0.05) is 27.5 Å². The molecule has 0 aliphatic heterocycles. The second-order valence-electron chi connectivity index (χ2n) is 7.51. The Bertz CT molecular complexity index is 1240. The molecule has 1 atom stereocenters.